The number of fused-ring (bicyclic) bond motifs is 1. The van der Waals surface area contributed by atoms with Gasteiger partial charge in [-0.1, -0.05) is 12.1 Å². The number of ether oxygens (including phenoxy) is 2. The largest absolute Gasteiger partial charge is 0.454 e. The summed E-state index contributed by atoms with van der Waals surface area (Å²) in [4.78, 5) is 2.22. The number of rotatable bonds is 2. The highest BCUT2D eigenvalue weighted by Gasteiger charge is 2.31. The van der Waals surface area contributed by atoms with Crippen molar-refractivity contribution in [2.45, 2.75) is 12.2 Å². The Labute approximate surface area is 147 Å². The van der Waals surface area contributed by atoms with Crippen molar-refractivity contribution in [3.8, 4) is 11.5 Å². The fourth-order valence-corrected chi connectivity index (χ4v) is 4.24. The summed E-state index contributed by atoms with van der Waals surface area (Å²) in [5.74, 6) is 3.24. The van der Waals surface area contributed by atoms with Gasteiger partial charge >= 0.3 is 6.18 Å². The molecule has 0 spiro atoms. The molecule has 0 aromatic heterocycles. The number of hydrogen-bond acceptors (Lipinski definition) is 4. The Morgan fingerprint density at radius 2 is 1.76 bits per heavy atom. The molecule has 2 aromatic rings. The predicted molar refractivity (Wildman–Crippen MR) is 91.4 cm³/mol. The molecule has 1 unspecified atom stereocenters. The topological polar surface area (TPSA) is 21.7 Å². The third kappa shape index (κ3) is 3.25. The zero-order chi connectivity index (χ0) is 17.4. The highest BCUT2D eigenvalue weighted by Crippen LogP contribution is 2.40. The van der Waals surface area contributed by atoms with Crippen LogP contribution in [-0.4, -0.2) is 24.8 Å². The lowest BCUT2D eigenvalue weighted by Gasteiger charge is -2.37. The first kappa shape index (κ1) is 16.4. The van der Waals surface area contributed by atoms with Gasteiger partial charge in [0.05, 0.1) is 11.6 Å². The standard InChI is InChI=1S/C18H16F3NO2S/c19-18(20,21)13-3-1-12(2-4-13)15-10-25-8-7-22(15)14-5-6-16-17(9-14)24-11-23-16/h1-6,9,15H,7-8,10-11H2. The van der Waals surface area contributed by atoms with Crippen molar-refractivity contribution < 1.29 is 22.6 Å². The van der Waals surface area contributed by atoms with Crippen LogP contribution >= 0.6 is 11.8 Å². The van der Waals surface area contributed by atoms with E-state index in [9.17, 15) is 13.2 Å². The number of benzene rings is 2. The molecule has 4 rings (SSSR count). The average molecular weight is 367 g/mol. The SMILES string of the molecule is FC(F)(F)c1ccc(C2CSCCN2c2ccc3c(c2)OCO3)cc1. The summed E-state index contributed by atoms with van der Waals surface area (Å²) >= 11 is 1.81. The number of alkyl halides is 3. The quantitative estimate of drug-likeness (QED) is 0.765. The molecule has 3 nitrogen and oxygen atoms in total. The molecule has 0 saturated carbocycles. The van der Waals surface area contributed by atoms with Crippen molar-refractivity contribution in [2.24, 2.45) is 0 Å². The molecule has 0 aliphatic carbocycles. The van der Waals surface area contributed by atoms with Gasteiger partial charge in [0.25, 0.3) is 0 Å². The molecule has 0 amide bonds. The maximum atomic E-state index is 12.8. The van der Waals surface area contributed by atoms with Gasteiger partial charge in [-0.2, -0.15) is 24.9 Å². The van der Waals surface area contributed by atoms with Crippen molar-refractivity contribution >= 4 is 17.4 Å². The Morgan fingerprint density at radius 3 is 2.52 bits per heavy atom. The van der Waals surface area contributed by atoms with E-state index in [1.54, 1.807) is 12.1 Å². The summed E-state index contributed by atoms with van der Waals surface area (Å²) in [5, 5.41) is 0. The van der Waals surface area contributed by atoms with Gasteiger partial charge in [0, 0.05) is 29.8 Å². The Morgan fingerprint density at radius 1 is 1.00 bits per heavy atom. The second kappa shape index (κ2) is 6.37. The second-order valence-corrected chi connectivity index (χ2v) is 7.09. The van der Waals surface area contributed by atoms with Crippen LogP contribution in [0, 0.1) is 0 Å². The average Bonchev–Trinajstić information content (AvgIpc) is 3.09. The lowest BCUT2D eigenvalue weighted by atomic mass is 10.0. The van der Waals surface area contributed by atoms with Crippen LogP contribution in [0.2, 0.25) is 0 Å². The van der Waals surface area contributed by atoms with Crippen LogP contribution in [0.15, 0.2) is 42.5 Å². The van der Waals surface area contributed by atoms with Crippen LogP contribution in [0.4, 0.5) is 18.9 Å². The van der Waals surface area contributed by atoms with Crippen LogP contribution in [0.1, 0.15) is 17.2 Å². The second-order valence-electron chi connectivity index (χ2n) is 5.94. The molecule has 7 heteroatoms. The lowest BCUT2D eigenvalue weighted by Crippen LogP contribution is -2.36. The van der Waals surface area contributed by atoms with Crippen LogP contribution in [-0.2, 0) is 6.18 Å². The monoisotopic (exact) mass is 367 g/mol. The Hall–Kier alpha value is -2.02. The fraction of sp³-hybridized carbons (Fsp3) is 0.333. The van der Waals surface area contributed by atoms with E-state index in [-0.39, 0.29) is 12.8 Å². The number of anilines is 1. The summed E-state index contributed by atoms with van der Waals surface area (Å²) in [6.45, 7) is 1.05. The normalized spacial score (nSPS) is 20.0. The highest BCUT2D eigenvalue weighted by atomic mass is 32.2. The van der Waals surface area contributed by atoms with E-state index in [1.165, 1.54) is 0 Å². The van der Waals surface area contributed by atoms with E-state index in [0.29, 0.717) is 5.75 Å². The first-order valence-electron chi connectivity index (χ1n) is 7.93. The summed E-state index contributed by atoms with van der Waals surface area (Å²) in [6, 6.07) is 11.3. The van der Waals surface area contributed by atoms with E-state index >= 15 is 0 Å². The van der Waals surface area contributed by atoms with Gasteiger partial charge in [-0.15, -0.1) is 0 Å². The van der Waals surface area contributed by atoms with Gasteiger partial charge in [0.15, 0.2) is 11.5 Å². The Balaban J connectivity index is 1.63. The summed E-state index contributed by atoms with van der Waals surface area (Å²) < 4.78 is 49.2. The van der Waals surface area contributed by atoms with Crippen LogP contribution in [0.25, 0.3) is 0 Å². The van der Waals surface area contributed by atoms with E-state index < -0.39 is 11.7 Å². The molecule has 2 heterocycles. The maximum Gasteiger partial charge on any atom is 0.416 e. The smallest absolute Gasteiger partial charge is 0.416 e. The number of hydrogen-bond donors (Lipinski definition) is 0. The van der Waals surface area contributed by atoms with Gasteiger partial charge in [-0.3, -0.25) is 0 Å². The molecule has 2 aliphatic heterocycles. The Kier molecular flexibility index (Phi) is 4.19. The van der Waals surface area contributed by atoms with Crippen molar-refractivity contribution in [3.63, 3.8) is 0 Å². The molecule has 0 bridgehead atoms. The van der Waals surface area contributed by atoms with E-state index in [2.05, 4.69) is 4.90 Å². The summed E-state index contributed by atoms with van der Waals surface area (Å²) in [7, 11) is 0. The maximum absolute atomic E-state index is 12.8. The third-order valence-electron chi connectivity index (χ3n) is 4.44. The lowest BCUT2D eigenvalue weighted by molar-refractivity contribution is -0.137. The van der Waals surface area contributed by atoms with Crippen LogP contribution in [0.5, 0.6) is 11.5 Å². The van der Waals surface area contributed by atoms with Crippen LogP contribution < -0.4 is 14.4 Å². The van der Waals surface area contributed by atoms with Gasteiger partial charge in [0.2, 0.25) is 6.79 Å². The molecular formula is C18H16F3NO2S. The van der Waals surface area contributed by atoms with E-state index in [1.807, 2.05) is 30.0 Å². The molecule has 25 heavy (non-hydrogen) atoms. The van der Waals surface area contributed by atoms with E-state index in [4.69, 9.17) is 9.47 Å². The molecule has 132 valence electrons. The van der Waals surface area contributed by atoms with Crippen LogP contribution in [0.3, 0.4) is 0 Å². The van der Waals surface area contributed by atoms with Crippen molar-refractivity contribution in [2.75, 3.05) is 29.7 Å². The Bertz CT molecular complexity index is 764. The number of halogens is 3. The van der Waals surface area contributed by atoms with Gasteiger partial charge in [0.1, 0.15) is 0 Å². The summed E-state index contributed by atoms with van der Waals surface area (Å²) in [5.41, 5.74) is 1.27. The highest BCUT2D eigenvalue weighted by molar-refractivity contribution is 7.99. The molecule has 1 atom stereocenters. The minimum Gasteiger partial charge on any atom is -0.454 e. The molecule has 2 aromatic carbocycles. The zero-order valence-electron chi connectivity index (χ0n) is 13.3. The fourth-order valence-electron chi connectivity index (χ4n) is 3.15. The zero-order valence-corrected chi connectivity index (χ0v) is 14.1. The van der Waals surface area contributed by atoms with Crippen molar-refractivity contribution in [1.29, 1.82) is 0 Å². The first-order chi connectivity index (χ1) is 12.0. The molecule has 1 saturated heterocycles. The van der Waals surface area contributed by atoms with Gasteiger partial charge in [-0.05, 0) is 29.8 Å². The predicted octanol–water partition coefficient (Wildman–Crippen LogP) is 4.73. The van der Waals surface area contributed by atoms with E-state index in [0.717, 1.165) is 47.2 Å². The van der Waals surface area contributed by atoms with Gasteiger partial charge in [-0.25, -0.2) is 0 Å². The number of thioether (sulfide) groups is 1. The third-order valence-corrected chi connectivity index (χ3v) is 5.46. The molecule has 0 radical (unpaired) electrons. The first-order valence-corrected chi connectivity index (χ1v) is 9.09. The van der Waals surface area contributed by atoms with Crippen molar-refractivity contribution in [1.82, 2.24) is 0 Å². The molecular weight excluding hydrogens is 351 g/mol. The number of nitrogens with zero attached hydrogens (tertiary/aromatic N) is 1. The minimum atomic E-state index is -4.31. The van der Waals surface area contributed by atoms with Crippen molar-refractivity contribution in [3.05, 3.63) is 53.6 Å². The molecule has 1 fully saturated rings. The summed E-state index contributed by atoms with van der Waals surface area (Å²) in [6.07, 6.45) is -4.31. The molecule has 0 N–H and O–H groups in total. The van der Waals surface area contributed by atoms with Gasteiger partial charge < -0.3 is 14.4 Å². The minimum absolute atomic E-state index is 0.0291. The molecule has 2 aliphatic rings.